The van der Waals surface area contributed by atoms with Crippen LogP contribution in [0.15, 0.2) is 41.1 Å². The summed E-state index contributed by atoms with van der Waals surface area (Å²) in [6, 6.07) is 6.04. The van der Waals surface area contributed by atoms with Crippen molar-refractivity contribution in [2.45, 2.75) is 29.6 Å². The Morgan fingerprint density at radius 2 is 1.56 bits per heavy atom. The molecule has 0 bridgehead atoms. The van der Waals surface area contributed by atoms with Gasteiger partial charge in [-0.1, -0.05) is 15.9 Å². The lowest BCUT2D eigenvalue weighted by Gasteiger charge is -2.58. The number of likely N-dealkylation sites (tertiary alicyclic amines) is 1. The summed E-state index contributed by atoms with van der Waals surface area (Å²) < 4.78 is 24.8. The minimum atomic E-state index is -3.92. The van der Waals surface area contributed by atoms with E-state index in [1.165, 1.54) is 18.2 Å². The van der Waals surface area contributed by atoms with Crippen molar-refractivity contribution in [1.29, 1.82) is 0 Å². The number of hydrogen-bond donors (Lipinski definition) is 12. The largest absolute Gasteiger partial charge is 0.489 e. The molecule has 41 heavy (non-hydrogen) atoms. The van der Waals surface area contributed by atoms with Crippen molar-refractivity contribution in [1.82, 2.24) is 14.9 Å². The first-order chi connectivity index (χ1) is 18.7. The molecule has 0 aliphatic carbocycles. The molecule has 0 atom stereocenters. The quantitative estimate of drug-likeness (QED) is 0.112. The van der Waals surface area contributed by atoms with Crippen LogP contribution in [0.3, 0.4) is 0 Å². The summed E-state index contributed by atoms with van der Waals surface area (Å²) in [6.45, 7) is -1.36. The second-order valence-electron chi connectivity index (χ2n) is 9.11. The number of fused-ring (bicyclic) bond motifs is 1. The van der Waals surface area contributed by atoms with E-state index in [2.05, 4.69) is 36.0 Å². The summed E-state index contributed by atoms with van der Waals surface area (Å²) >= 11 is 3.12. The molecule has 4 rings (SSSR count). The van der Waals surface area contributed by atoms with Crippen LogP contribution in [0.4, 0.5) is 15.9 Å². The fourth-order valence-corrected chi connectivity index (χ4v) is 4.42. The average molecular weight is 651 g/mol. The van der Waals surface area contributed by atoms with Gasteiger partial charge in [0.2, 0.25) is 11.6 Å². The van der Waals surface area contributed by atoms with E-state index in [-0.39, 0.29) is 27.3 Å². The van der Waals surface area contributed by atoms with Gasteiger partial charge in [-0.3, -0.25) is 0 Å². The first kappa shape index (κ1) is 31.1. The highest BCUT2D eigenvalue weighted by Gasteiger charge is 2.76. The summed E-state index contributed by atoms with van der Waals surface area (Å²) in [7, 11) is 0.517. The fourth-order valence-electron chi connectivity index (χ4n) is 4.09. The van der Waals surface area contributed by atoms with Crippen LogP contribution in [0.25, 0.3) is 10.9 Å². The lowest BCUT2D eigenvalue weighted by atomic mass is 9.80. The number of hydrogen-bond acceptors (Lipinski definition) is 17. The monoisotopic (exact) mass is 650 g/mol. The number of aromatic nitrogens is 2. The predicted molar refractivity (Wildman–Crippen MR) is 132 cm³/mol. The third-order valence-electron chi connectivity index (χ3n) is 6.43. The minimum absolute atomic E-state index is 0.0130. The molecule has 0 amide bonds. The van der Waals surface area contributed by atoms with Crippen molar-refractivity contribution in [3.63, 3.8) is 0 Å². The molecule has 12 N–H and O–H groups in total. The van der Waals surface area contributed by atoms with Crippen LogP contribution in [0.2, 0.25) is 0 Å². The topological polar surface area (TPSA) is 282 Å². The average Bonchev–Trinajstić information content (AvgIpc) is 2.83. The molecule has 2 aromatic carbocycles. The molecule has 17 nitrogen and oxygen atoms in total. The predicted octanol–water partition coefficient (Wildman–Crippen LogP) is -3.18. The number of nitrogens with zero attached hydrogens (tertiary/aromatic N) is 3. The highest BCUT2D eigenvalue weighted by atomic mass is 79.9. The van der Waals surface area contributed by atoms with Crippen molar-refractivity contribution in [3.8, 4) is 11.5 Å². The van der Waals surface area contributed by atoms with Crippen LogP contribution in [-0.2, 0) is 0 Å². The van der Waals surface area contributed by atoms with Crippen LogP contribution < -0.4 is 14.8 Å². The third-order valence-corrected chi connectivity index (χ3v) is 6.93. The van der Waals surface area contributed by atoms with Crippen LogP contribution in [0, 0.1) is 11.7 Å². The molecule has 1 fully saturated rings. The van der Waals surface area contributed by atoms with E-state index in [0.717, 1.165) is 18.5 Å². The van der Waals surface area contributed by atoms with Crippen LogP contribution in [0.1, 0.15) is 0 Å². The molecule has 224 valence electrons. The number of ether oxygens (including phenoxy) is 2. The maximum atomic E-state index is 14.4. The lowest BCUT2D eigenvalue weighted by molar-refractivity contribution is -0.566. The molecule has 3 aromatic rings. The first-order valence-electron chi connectivity index (χ1n) is 11.2. The van der Waals surface area contributed by atoms with Gasteiger partial charge in [0.05, 0.1) is 11.2 Å². The molecule has 1 aromatic heterocycles. The van der Waals surface area contributed by atoms with E-state index in [1.807, 2.05) is 0 Å². The summed E-state index contributed by atoms with van der Waals surface area (Å²) in [4.78, 5) is 7.63. The Morgan fingerprint density at radius 1 is 0.951 bits per heavy atom. The van der Waals surface area contributed by atoms with E-state index >= 15 is 0 Å². The normalized spacial score (nSPS) is 20.1. The standard InChI is InChI=1S/C22H24BrFN4O13/c1-28-20(33,34)18(29,30)16(19(31,32)21(28,35)36)7-40-14-6-13-10(5-15(14)41-22(37,38)39)17(26-8-25-13)27-12-3-2-9(23)4-11(12)24/h2-6,8,16,29-39H,7H2,1H3,(H,25,26,27). The van der Waals surface area contributed by atoms with Gasteiger partial charge in [-0.05, 0) is 31.3 Å². The number of halogens is 2. The van der Waals surface area contributed by atoms with Gasteiger partial charge in [-0.15, -0.1) is 0 Å². The summed E-state index contributed by atoms with van der Waals surface area (Å²) in [5.74, 6) is -20.4. The Labute approximate surface area is 236 Å². The second kappa shape index (κ2) is 10.1. The number of piperidine rings is 1. The highest BCUT2D eigenvalue weighted by molar-refractivity contribution is 9.10. The van der Waals surface area contributed by atoms with Gasteiger partial charge in [0, 0.05) is 15.9 Å². The van der Waals surface area contributed by atoms with Gasteiger partial charge in [-0.25, -0.2) is 14.4 Å². The molecule has 19 heteroatoms. The Balaban J connectivity index is 1.76. The summed E-state index contributed by atoms with van der Waals surface area (Å²) in [5, 5.41) is 113. The van der Waals surface area contributed by atoms with Gasteiger partial charge < -0.3 is 71.0 Å². The lowest BCUT2D eigenvalue weighted by Crippen LogP contribution is -2.86. The Hall–Kier alpha value is -2.89. The number of nitrogens with one attached hydrogen (secondary N) is 1. The zero-order valence-electron chi connectivity index (χ0n) is 20.6. The number of likely N-dealkylation sites (N-methyl/N-ethyl adjacent to an activating group) is 1. The van der Waals surface area contributed by atoms with Crippen molar-refractivity contribution < 1.29 is 70.0 Å². The Bertz CT molecular complexity index is 1440. The minimum Gasteiger partial charge on any atom is -0.489 e. The summed E-state index contributed by atoms with van der Waals surface area (Å²) in [5.41, 5.74) is -0.0439. The molecule has 1 aliphatic rings. The van der Waals surface area contributed by atoms with Gasteiger partial charge in [0.1, 0.15) is 30.5 Å². The van der Waals surface area contributed by atoms with Crippen LogP contribution >= 0.6 is 15.9 Å². The van der Waals surface area contributed by atoms with Gasteiger partial charge in [0.25, 0.3) is 11.8 Å². The van der Waals surface area contributed by atoms with E-state index in [4.69, 9.17) is 4.74 Å². The third kappa shape index (κ3) is 5.39. The maximum absolute atomic E-state index is 14.4. The maximum Gasteiger partial charge on any atom is 0.453 e. The van der Waals surface area contributed by atoms with E-state index < -0.39 is 59.4 Å². The van der Waals surface area contributed by atoms with Crippen molar-refractivity contribution >= 4 is 38.3 Å². The molecule has 1 saturated heterocycles. The van der Waals surface area contributed by atoms with Crippen molar-refractivity contribution in [2.24, 2.45) is 5.92 Å². The number of rotatable bonds is 7. The fraction of sp³-hybridized carbons (Fsp3) is 0.364. The first-order valence-corrected chi connectivity index (χ1v) is 12.0. The van der Waals surface area contributed by atoms with Gasteiger partial charge in [-0.2, -0.15) is 4.90 Å². The molecular weight excluding hydrogens is 627 g/mol. The zero-order valence-corrected chi connectivity index (χ0v) is 22.2. The molecule has 1 aliphatic heterocycles. The Kier molecular flexibility index (Phi) is 7.67. The highest BCUT2D eigenvalue weighted by Crippen LogP contribution is 2.47. The van der Waals surface area contributed by atoms with E-state index in [0.29, 0.717) is 11.5 Å². The number of aliphatic hydroxyl groups is 11. The Morgan fingerprint density at radius 3 is 2.12 bits per heavy atom. The second-order valence-corrected chi connectivity index (χ2v) is 10.0. The zero-order chi connectivity index (χ0) is 30.8. The SMILES string of the molecule is CN1C(O)(O)C(O)(O)C(COc2cc3ncnc(Nc4ccc(Br)cc4F)c3cc2OC(O)(O)O)C(O)(O)C1(O)O. The van der Waals surface area contributed by atoms with Crippen LogP contribution in [-0.4, -0.2) is 114 Å². The summed E-state index contributed by atoms with van der Waals surface area (Å²) in [6.07, 6.45) is -2.79. The van der Waals surface area contributed by atoms with Gasteiger partial charge in [0.15, 0.2) is 11.5 Å². The van der Waals surface area contributed by atoms with E-state index in [9.17, 15) is 60.6 Å². The number of anilines is 2. The molecule has 0 spiro atoms. The molecule has 0 saturated carbocycles. The molecule has 0 unspecified atom stereocenters. The van der Waals surface area contributed by atoms with Crippen LogP contribution in [0.5, 0.6) is 11.5 Å². The smallest absolute Gasteiger partial charge is 0.453 e. The molecule has 0 radical (unpaired) electrons. The molecule has 2 heterocycles. The van der Waals surface area contributed by atoms with Gasteiger partial charge >= 0.3 is 6.16 Å². The van der Waals surface area contributed by atoms with Crippen molar-refractivity contribution in [2.75, 3.05) is 19.0 Å². The van der Waals surface area contributed by atoms with Crippen molar-refractivity contribution in [3.05, 3.63) is 46.9 Å². The molecular formula is C22H24BrFN4O13. The van der Waals surface area contributed by atoms with E-state index in [1.54, 1.807) is 0 Å². The number of benzene rings is 2.